The van der Waals surface area contributed by atoms with Crippen LogP contribution in [0.2, 0.25) is 0 Å². The smallest absolute Gasteiger partial charge is 0.416 e. The van der Waals surface area contributed by atoms with Gasteiger partial charge in [0, 0.05) is 6.42 Å². The first-order valence-electron chi connectivity index (χ1n) is 4.37. The number of para-hydroxylation sites is 1. The van der Waals surface area contributed by atoms with Crippen LogP contribution in [0.3, 0.4) is 0 Å². The average Bonchev–Trinajstić information content (AvgIpc) is 2.53. The molecular formula is C10H11NO3. The third-order valence-corrected chi connectivity index (χ3v) is 2.32. The van der Waals surface area contributed by atoms with Crippen molar-refractivity contribution in [3.05, 3.63) is 29.8 Å². The summed E-state index contributed by atoms with van der Waals surface area (Å²) >= 11 is 0. The van der Waals surface area contributed by atoms with Crippen LogP contribution in [0.1, 0.15) is 5.56 Å². The zero-order chi connectivity index (χ0) is 10.1. The Balaban J connectivity index is 2.39. The van der Waals surface area contributed by atoms with E-state index in [2.05, 4.69) is 4.74 Å². The molecule has 0 radical (unpaired) electrons. The molecule has 0 bridgehead atoms. The molecule has 4 nitrogen and oxygen atoms in total. The first-order valence-corrected chi connectivity index (χ1v) is 4.37. The molecule has 1 heterocycles. The Kier molecular flexibility index (Phi) is 2.13. The number of carbonyl (C=O) groups excluding carboxylic acids is 1. The second kappa shape index (κ2) is 3.31. The maximum Gasteiger partial charge on any atom is 0.416 e. The lowest BCUT2D eigenvalue weighted by Crippen LogP contribution is -2.37. The van der Waals surface area contributed by atoms with Gasteiger partial charge in [-0.2, -0.15) is 0 Å². The summed E-state index contributed by atoms with van der Waals surface area (Å²) in [6.07, 6.45) is -0.868. The number of carbonyl (C=O) groups is 1. The van der Waals surface area contributed by atoms with Crippen LogP contribution in [-0.4, -0.2) is 24.5 Å². The molecule has 0 aliphatic carbocycles. The van der Waals surface area contributed by atoms with Gasteiger partial charge in [-0.15, -0.1) is 0 Å². The van der Waals surface area contributed by atoms with Crippen molar-refractivity contribution >= 4 is 11.8 Å². The first-order chi connectivity index (χ1) is 6.74. The minimum absolute atomic E-state index is 0.464. The Labute approximate surface area is 81.7 Å². The third kappa shape index (κ3) is 1.24. The molecule has 1 aromatic rings. The molecule has 0 saturated heterocycles. The fourth-order valence-corrected chi connectivity index (χ4v) is 1.69. The number of methoxy groups -OCH3 is 1. The largest absolute Gasteiger partial charge is 0.452 e. The van der Waals surface area contributed by atoms with E-state index < -0.39 is 12.3 Å². The van der Waals surface area contributed by atoms with Gasteiger partial charge in [0.2, 0.25) is 0 Å². The number of fused-ring (bicyclic) bond motifs is 1. The summed E-state index contributed by atoms with van der Waals surface area (Å²) in [6, 6.07) is 7.39. The molecule has 1 aliphatic heterocycles. The molecular weight excluding hydrogens is 182 g/mol. The predicted octanol–water partition coefficient (Wildman–Crippen LogP) is 1.13. The maximum absolute atomic E-state index is 11.3. The zero-order valence-corrected chi connectivity index (χ0v) is 7.80. The van der Waals surface area contributed by atoms with Crippen molar-refractivity contribution in [3.63, 3.8) is 0 Å². The molecule has 0 saturated carbocycles. The molecule has 4 heteroatoms. The van der Waals surface area contributed by atoms with Crippen LogP contribution >= 0.6 is 0 Å². The lowest BCUT2D eigenvalue weighted by molar-refractivity contribution is 0.141. The highest BCUT2D eigenvalue weighted by Crippen LogP contribution is 2.31. The Morgan fingerprint density at radius 3 is 3.00 bits per heavy atom. The van der Waals surface area contributed by atoms with Crippen LogP contribution < -0.4 is 4.90 Å². The van der Waals surface area contributed by atoms with Crippen LogP contribution in [0.25, 0.3) is 0 Å². The maximum atomic E-state index is 11.3. The number of rotatable bonds is 0. The van der Waals surface area contributed by atoms with E-state index in [1.165, 1.54) is 12.0 Å². The number of anilines is 1. The molecule has 0 fully saturated rings. The van der Waals surface area contributed by atoms with E-state index in [1.807, 2.05) is 18.2 Å². The molecule has 74 valence electrons. The summed E-state index contributed by atoms with van der Waals surface area (Å²) in [6.45, 7) is 0. The predicted molar refractivity (Wildman–Crippen MR) is 51.0 cm³/mol. The van der Waals surface area contributed by atoms with E-state index in [9.17, 15) is 9.90 Å². The molecule has 1 amide bonds. The molecule has 14 heavy (non-hydrogen) atoms. The number of benzene rings is 1. The Morgan fingerprint density at radius 1 is 1.57 bits per heavy atom. The minimum atomic E-state index is -0.806. The van der Waals surface area contributed by atoms with Crippen LogP contribution in [0.4, 0.5) is 10.5 Å². The minimum Gasteiger partial charge on any atom is -0.452 e. The number of nitrogens with zero attached hydrogens (tertiary/aromatic N) is 1. The van der Waals surface area contributed by atoms with Gasteiger partial charge in [-0.05, 0) is 11.6 Å². The van der Waals surface area contributed by atoms with Crippen LogP contribution in [0, 0.1) is 0 Å². The zero-order valence-electron chi connectivity index (χ0n) is 7.80. The Hall–Kier alpha value is -1.55. The summed E-state index contributed by atoms with van der Waals surface area (Å²) in [7, 11) is 1.30. The van der Waals surface area contributed by atoms with Gasteiger partial charge in [-0.1, -0.05) is 18.2 Å². The molecule has 0 aromatic heterocycles. The van der Waals surface area contributed by atoms with Crippen molar-refractivity contribution in [2.24, 2.45) is 0 Å². The van der Waals surface area contributed by atoms with Crippen molar-refractivity contribution in [3.8, 4) is 0 Å². The van der Waals surface area contributed by atoms with Crippen molar-refractivity contribution in [2.75, 3.05) is 12.0 Å². The third-order valence-electron chi connectivity index (χ3n) is 2.32. The topological polar surface area (TPSA) is 49.8 Å². The number of aliphatic hydroxyl groups is 1. The van der Waals surface area contributed by atoms with E-state index in [0.717, 1.165) is 11.3 Å². The summed E-state index contributed by atoms with van der Waals surface area (Å²) < 4.78 is 4.59. The molecule has 1 aromatic carbocycles. The average molecular weight is 193 g/mol. The second-order valence-electron chi connectivity index (χ2n) is 3.15. The van der Waals surface area contributed by atoms with E-state index in [4.69, 9.17) is 0 Å². The first kappa shape index (κ1) is 9.02. The number of aliphatic hydroxyl groups excluding tert-OH is 1. The summed E-state index contributed by atoms with van der Waals surface area (Å²) in [5.74, 6) is 0. The Bertz CT molecular complexity index is 364. The molecule has 1 unspecified atom stereocenters. The number of hydrogen-bond acceptors (Lipinski definition) is 3. The normalized spacial score (nSPS) is 19.3. The quantitative estimate of drug-likeness (QED) is 0.672. The standard InChI is InChI=1S/C10H11NO3/c1-14-10(13)11-8-5-3-2-4-7(8)6-9(11)12/h2-5,9,12H,6H2,1H3. The highest BCUT2D eigenvalue weighted by atomic mass is 16.5. The fourth-order valence-electron chi connectivity index (χ4n) is 1.69. The van der Waals surface area contributed by atoms with Gasteiger partial charge in [-0.3, -0.25) is 4.90 Å². The van der Waals surface area contributed by atoms with Gasteiger partial charge in [0.05, 0.1) is 12.8 Å². The lowest BCUT2D eigenvalue weighted by Gasteiger charge is -2.19. The van der Waals surface area contributed by atoms with E-state index >= 15 is 0 Å². The van der Waals surface area contributed by atoms with Crippen LogP contribution in [-0.2, 0) is 11.2 Å². The van der Waals surface area contributed by atoms with Crippen molar-refractivity contribution in [2.45, 2.75) is 12.6 Å². The fraction of sp³-hybridized carbons (Fsp3) is 0.300. The van der Waals surface area contributed by atoms with E-state index in [-0.39, 0.29) is 0 Å². The van der Waals surface area contributed by atoms with Gasteiger partial charge in [-0.25, -0.2) is 4.79 Å². The van der Waals surface area contributed by atoms with Crippen LogP contribution in [0.5, 0.6) is 0 Å². The summed E-state index contributed by atoms with van der Waals surface area (Å²) in [4.78, 5) is 12.6. The SMILES string of the molecule is COC(=O)N1c2ccccc2CC1O. The number of hydrogen-bond donors (Lipinski definition) is 1. The molecule has 1 atom stereocenters. The molecule has 0 spiro atoms. The van der Waals surface area contributed by atoms with Gasteiger partial charge in [0.15, 0.2) is 0 Å². The highest BCUT2D eigenvalue weighted by molar-refractivity contribution is 5.90. The molecule has 2 rings (SSSR count). The molecule has 1 aliphatic rings. The van der Waals surface area contributed by atoms with Gasteiger partial charge < -0.3 is 9.84 Å². The summed E-state index contributed by atoms with van der Waals surface area (Å²) in [5.41, 5.74) is 1.69. The summed E-state index contributed by atoms with van der Waals surface area (Å²) in [5, 5.41) is 9.64. The van der Waals surface area contributed by atoms with Crippen molar-refractivity contribution < 1.29 is 14.6 Å². The van der Waals surface area contributed by atoms with Gasteiger partial charge in [0.25, 0.3) is 0 Å². The van der Waals surface area contributed by atoms with E-state index in [0.29, 0.717) is 6.42 Å². The second-order valence-corrected chi connectivity index (χ2v) is 3.15. The van der Waals surface area contributed by atoms with Gasteiger partial charge >= 0.3 is 6.09 Å². The van der Waals surface area contributed by atoms with Crippen molar-refractivity contribution in [1.29, 1.82) is 0 Å². The highest BCUT2D eigenvalue weighted by Gasteiger charge is 2.32. The number of amides is 1. The Morgan fingerprint density at radius 2 is 2.29 bits per heavy atom. The van der Waals surface area contributed by atoms with Crippen molar-refractivity contribution in [1.82, 2.24) is 0 Å². The monoisotopic (exact) mass is 193 g/mol. The number of ether oxygens (including phenoxy) is 1. The van der Waals surface area contributed by atoms with Crippen LogP contribution in [0.15, 0.2) is 24.3 Å². The van der Waals surface area contributed by atoms with Gasteiger partial charge in [0.1, 0.15) is 6.23 Å². The van der Waals surface area contributed by atoms with E-state index in [1.54, 1.807) is 6.07 Å². The lowest BCUT2D eigenvalue weighted by atomic mass is 10.2. The molecule has 1 N–H and O–H groups in total.